The molecule has 0 aliphatic carbocycles. The van der Waals surface area contributed by atoms with Crippen LogP contribution < -0.4 is 4.74 Å². The molecule has 0 aliphatic rings. The van der Waals surface area contributed by atoms with Crippen molar-refractivity contribution < 1.29 is 19.1 Å². The summed E-state index contributed by atoms with van der Waals surface area (Å²) < 4.78 is 9.99. The van der Waals surface area contributed by atoms with Gasteiger partial charge in [0.2, 0.25) is 0 Å². The number of carbonyl (C=O) groups is 2. The Morgan fingerprint density at radius 3 is 2.70 bits per heavy atom. The lowest BCUT2D eigenvalue weighted by molar-refractivity contribution is -0.131. The predicted molar refractivity (Wildman–Crippen MR) is 69.1 cm³/mol. The molecular weight excluding hydrogens is 262 g/mol. The minimum atomic E-state index is -0.589. The summed E-state index contributed by atoms with van der Waals surface area (Å²) in [6.45, 7) is 3.23. The monoisotopic (exact) mass is 275 g/mol. The molecule has 0 bridgehead atoms. The van der Waals surface area contributed by atoms with Gasteiger partial charge in [-0.2, -0.15) is 10.3 Å². The molecule has 20 heavy (non-hydrogen) atoms. The Labute approximate surface area is 114 Å². The van der Waals surface area contributed by atoms with Crippen LogP contribution in [0.25, 0.3) is 11.3 Å². The van der Waals surface area contributed by atoms with Gasteiger partial charge in [-0.3, -0.25) is 4.79 Å². The van der Waals surface area contributed by atoms with Crippen LogP contribution in [0.4, 0.5) is 0 Å². The molecule has 7 nitrogen and oxygen atoms in total. The lowest BCUT2D eigenvalue weighted by Gasteiger charge is -2.07. The van der Waals surface area contributed by atoms with E-state index < -0.39 is 11.9 Å². The van der Waals surface area contributed by atoms with E-state index in [1.165, 1.54) is 6.92 Å². The first-order chi connectivity index (χ1) is 9.63. The predicted octanol–water partition coefficient (Wildman–Crippen LogP) is 1.57. The zero-order valence-corrected chi connectivity index (χ0v) is 11.0. The number of rotatable bonds is 4. The van der Waals surface area contributed by atoms with Crippen LogP contribution >= 0.6 is 0 Å². The number of para-hydroxylation sites is 1. The molecular formula is C13H13N3O4. The molecule has 7 heteroatoms. The highest BCUT2D eigenvalue weighted by Gasteiger charge is 2.21. The fourth-order valence-electron chi connectivity index (χ4n) is 1.67. The number of nitrogens with one attached hydrogen (secondary N) is 1. The summed E-state index contributed by atoms with van der Waals surface area (Å²) in [4.78, 5) is 22.9. The average molecular weight is 275 g/mol. The summed E-state index contributed by atoms with van der Waals surface area (Å²) in [6.07, 6.45) is 0. The highest BCUT2D eigenvalue weighted by atomic mass is 16.5. The summed E-state index contributed by atoms with van der Waals surface area (Å²) in [5.41, 5.74) is 0.811. The number of benzene rings is 1. The van der Waals surface area contributed by atoms with Crippen LogP contribution in [0, 0.1) is 0 Å². The number of hydrogen-bond acceptors (Lipinski definition) is 6. The van der Waals surface area contributed by atoms with E-state index in [2.05, 4.69) is 15.4 Å². The maximum atomic E-state index is 11.8. The van der Waals surface area contributed by atoms with Crippen LogP contribution in [0.5, 0.6) is 5.75 Å². The van der Waals surface area contributed by atoms with E-state index >= 15 is 0 Å². The molecule has 1 aromatic carbocycles. The minimum absolute atomic E-state index is 0.0476. The third-order valence-electron chi connectivity index (χ3n) is 2.41. The van der Waals surface area contributed by atoms with Crippen LogP contribution in [0.15, 0.2) is 24.3 Å². The molecule has 0 amide bonds. The summed E-state index contributed by atoms with van der Waals surface area (Å²) in [7, 11) is 0. The van der Waals surface area contributed by atoms with E-state index in [1.807, 2.05) is 0 Å². The lowest BCUT2D eigenvalue weighted by atomic mass is 10.1. The van der Waals surface area contributed by atoms with E-state index in [0.717, 1.165) is 0 Å². The maximum Gasteiger partial charge on any atom is 0.361 e. The van der Waals surface area contributed by atoms with E-state index in [0.29, 0.717) is 11.3 Å². The summed E-state index contributed by atoms with van der Waals surface area (Å²) in [6, 6.07) is 6.75. The van der Waals surface area contributed by atoms with Gasteiger partial charge in [-0.15, -0.1) is 5.10 Å². The molecule has 2 aromatic rings. The highest BCUT2D eigenvalue weighted by Crippen LogP contribution is 2.30. The normalized spacial score (nSPS) is 10.1. The van der Waals surface area contributed by atoms with Crippen molar-refractivity contribution in [3.05, 3.63) is 30.0 Å². The minimum Gasteiger partial charge on any atom is -0.461 e. The van der Waals surface area contributed by atoms with Gasteiger partial charge in [-0.25, -0.2) is 4.79 Å². The van der Waals surface area contributed by atoms with Gasteiger partial charge >= 0.3 is 11.9 Å². The standard InChI is InChI=1S/C13H13N3O4/c1-3-19-13(18)12-11(14-16-15-12)9-6-4-5-7-10(9)20-8(2)17/h4-7H,3H2,1-2H3,(H,14,15,16). The van der Waals surface area contributed by atoms with Crippen molar-refractivity contribution in [1.29, 1.82) is 0 Å². The van der Waals surface area contributed by atoms with Gasteiger partial charge in [-0.1, -0.05) is 12.1 Å². The van der Waals surface area contributed by atoms with Gasteiger partial charge in [-0.05, 0) is 19.1 Å². The molecule has 0 aliphatic heterocycles. The zero-order valence-electron chi connectivity index (χ0n) is 11.0. The Morgan fingerprint density at radius 2 is 2.00 bits per heavy atom. The second-order valence-electron chi connectivity index (χ2n) is 3.83. The second-order valence-corrected chi connectivity index (χ2v) is 3.83. The van der Waals surface area contributed by atoms with Gasteiger partial charge in [0.05, 0.1) is 6.61 Å². The number of carbonyl (C=O) groups excluding carboxylic acids is 2. The molecule has 0 unspecified atom stereocenters. The summed E-state index contributed by atoms with van der Waals surface area (Å²) in [5, 5.41) is 10.1. The van der Waals surface area contributed by atoms with Crippen molar-refractivity contribution in [2.45, 2.75) is 13.8 Å². The van der Waals surface area contributed by atoms with E-state index in [9.17, 15) is 9.59 Å². The van der Waals surface area contributed by atoms with E-state index in [4.69, 9.17) is 9.47 Å². The Balaban J connectivity index is 2.45. The largest absolute Gasteiger partial charge is 0.461 e. The number of ether oxygens (including phenoxy) is 2. The van der Waals surface area contributed by atoms with Gasteiger partial charge in [0.25, 0.3) is 0 Å². The molecule has 0 fully saturated rings. The first kappa shape index (κ1) is 13.7. The topological polar surface area (TPSA) is 94.2 Å². The Bertz CT molecular complexity index is 636. The third kappa shape index (κ3) is 2.82. The number of aromatic amines is 1. The van der Waals surface area contributed by atoms with E-state index in [1.54, 1.807) is 31.2 Å². The SMILES string of the molecule is CCOC(=O)c1n[nH]nc1-c1ccccc1OC(C)=O. The summed E-state index contributed by atoms with van der Waals surface area (Å²) in [5.74, 6) is -0.744. The lowest BCUT2D eigenvalue weighted by Crippen LogP contribution is -2.08. The molecule has 1 N–H and O–H groups in total. The van der Waals surface area contributed by atoms with Crippen molar-refractivity contribution in [1.82, 2.24) is 15.4 Å². The van der Waals surface area contributed by atoms with Gasteiger partial charge < -0.3 is 9.47 Å². The molecule has 0 saturated heterocycles. The number of nitrogens with zero attached hydrogens (tertiary/aromatic N) is 2. The van der Waals surface area contributed by atoms with Crippen LogP contribution in [-0.4, -0.2) is 34.0 Å². The average Bonchev–Trinajstić information content (AvgIpc) is 2.88. The number of H-pyrrole nitrogens is 1. The molecule has 104 valence electrons. The molecule has 0 spiro atoms. The fraction of sp³-hybridized carbons (Fsp3) is 0.231. The molecule has 1 heterocycles. The van der Waals surface area contributed by atoms with Crippen LogP contribution in [0.2, 0.25) is 0 Å². The first-order valence-corrected chi connectivity index (χ1v) is 5.99. The molecule has 1 aromatic heterocycles. The second kappa shape index (κ2) is 5.96. The molecule has 0 atom stereocenters. The van der Waals surface area contributed by atoms with E-state index in [-0.39, 0.29) is 18.0 Å². The number of hydrogen-bond donors (Lipinski definition) is 1. The van der Waals surface area contributed by atoms with Crippen molar-refractivity contribution in [3.63, 3.8) is 0 Å². The molecule has 2 rings (SSSR count). The molecule has 0 saturated carbocycles. The maximum absolute atomic E-state index is 11.8. The quantitative estimate of drug-likeness (QED) is 0.672. The Morgan fingerprint density at radius 1 is 1.25 bits per heavy atom. The van der Waals surface area contributed by atoms with Crippen LogP contribution in [0.1, 0.15) is 24.3 Å². The van der Waals surface area contributed by atoms with Crippen molar-refractivity contribution in [2.24, 2.45) is 0 Å². The third-order valence-corrected chi connectivity index (χ3v) is 2.41. The van der Waals surface area contributed by atoms with Crippen molar-refractivity contribution in [3.8, 4) is 17.0 Å². The first-order valence-electron chi connectivity index (χ1n) is 5.99. The van der Waals surface area contributed by atoms with Gasteiger partial charge in [0.1, 0.15) is 11.4 Å². The molecule has 0 radical (unpaired) electrons. The zero-order chi connectivity index (χ0) is 14.5. The van der Waals surface area contributed by atoms with Gasteiger partial charge in [0, 0.05) is 12.5 Å². The fourth-order valence-corrected chi connectivity index (χ4v) is 1.67. The van der Waals surface area contributed by atoms with Crippen molar-refractivity contribution in [2.75, 3.05) is 6.61 Å². The Hall–Kier alpha value is -2.70. The Kier molecular flexibility index (Phi) is 4.09. The number of esters is 2. The number of aromatic nitrogens is 3. The van der Waals surface area contributed by atoms with Crippen LogP contribution in [-0.2, 0) is 9.53 Å². The van der Waals surface area contributed by atoms with Crippen LogP contribution in [0.3, 0.4) is 0 Å². The van der Waals surface area contributed by atoms with Crippen molar-refractivity contribution >= 4 is 11.9 Å². The van der Waals surface area contributed by atoms with Gasteiger partial charge in [0.15, 0.2) is 5.69 Å². The highest BCUT2D eigenvalue weighted by molar-refractivity contribution is 5.95. The smallest absolute Gasteiger partial charge is 0.361 e. The summed E-state index contributed by atoms with van der Waals surface area (Å²) >= 11 is 0.